The van der Waals surface area contributed by atoms with Crippen LogP contribution in [0.15, 0.2) is 16.7 Å². The first-order chi connectivity index (χ1) is 6.51. The highest BCUT2D eigenvalue weighted by molar-refractivity contribution is 5.12. The molecule has 0 saturated heterocycles. The van der Waals surface area contributed by atoms with Gasteiger partial charge >= 0.3 is 0 Å². The number of hydrogen-bond acceptors (Lipinski definition) is 3. The van der Waals surface area contributed by atoms with Crippen LogP contribution in [-0.2, 0) is 17.9 Å². The first kappa shape index (κ1) is 11.3. The normalized spacial score (nSPS) is 12.0. The van der Waals surface area contributed by atoms with Crippen LogP contribution in [0, 0.1) is 0 Å². The molecule has 0 fully saturated rings. The maximum atomic E-state index is 5.31. The lowest BCUT2D eigenvalue weighted by Gasteiger charge is -2.19. The van der Waals surface area contributed by atoms with Gasteiger partial charge < -0.3 is 14.5 Å². The van der Waals surface area contributed by atoms with Gasteiger partial charge in [-0.1, -0.05) is 0 Å². The van der Waals surface area contributed by atoms with Gasteiger partial charge in [0, 0.05) is 24.8 Å². The molecule has 0 saturated carbocycles. The van der Waals surface area contributed by atoms with Gasteiger partial charge in [0.25, 0.3) is 0 Å². The minimum absolute atomic E-state index is 0.138. The average molecular weight is 197 g/mol. The zero-order chi connectivity index (χ0) is 10.6. The van der Waals surface area contributed by atoms with Crippen molar-refractivity contribution in [2.75, 3.05) is 7.11 Å². The van der Waals surface area contributed by atoms with E-state index in [1.165, 1.54) is 0 Å². The van der Waals surface area contributed by atoms with Gasteiger partial charge in [-0.15, -0.1) is 0 Å². The SMILES string of the molecule is COCc1cc(CNC(C)(C)C)co1. The molecule has 0 amide bonds. The largest absolute Gasteiger partial charge is 0.467 e. The van der Waals surface area contributed by atoms with Crippen molar-refractivity contribution >= 4 is 0 Å². The van der Waals surface area contributed by atoms with Crippen LogP contribution in [0.3, 0.4) is 0 Å². The third kappa shape index (κ3) is 3.94. The zero-order valence-electron chi connectivity index (χ0n) is 9.39. The second-order valence-corrected chi connectivity index (χ2v) is 4.46. The summed E-state index contributed by atoms with van der Waals surface area (Å²) in [6.45, 7) is 7.79. The molecule has 1 aromatic rings. The van der Waals surface area contributed by atoms with Crippen molar-refractivity contribution < 1.29 is 9.15 Å². The van der Waals surface area contributed by atoms with E-state index in [0.717, 1.165) is 17.9 Å². The summed E-state index contributed by atoms with van der Waals surface area (Å²) in [4.78, 5) is 0. The monoisotopic (exact) mass is 197 g/mol. The lowest BCUT2D eigenvalue weighted by Crippen LogP contribution is -2.34. The number of ether oxygens (including phenoxy) is 1. The van der Waals surface area contributed by atoms with E-state index < -0.39 is 0 Å². The highest BCUT2D eigenvalue weighted by Crippen LogP contribution is 2.10. The van der Waals surface area contributed by atoms with Crippen molar-refractivity contribution in [2.45, 2.75) is 39.5 Å². The highest BCUT2D eigenvalue weighted by atomic mass is 16.5. The first-order valence-corrected chi connectivity index (χ1v) is 4.81. The van der Waals surface area contributed by atoms with Crippen molar-refractivity contribution in [1.29, 1.82) is 0 Å². The fraction of sp³-hybridized carbons (Fsp3) is 0.636. The molecule has 3 heteroatoms. The Bertz CT molecular complexity index is 273. The number of methoxy groups -OCH3 is 1. The van der Waals surface area contributed by atoms with E-state index in [1.807, 2.05) is 6.07 Å². The van der Waals surface area contributed by atoms with Crippen LogP contribution in [0.1, 0.15) is 32.1 Å². The number of hydrogen-bond donors (Lipinski definition) is 1. The highest BCUT2D eigenvalue weighted by Gasteiger charge is 2.09. The molecule has 0 aliphatic heterocycles. The fourth-order valence-electron chi connectivity index (χ4n) is 1.10. The Morgan fingerprint density at radius 1 is 1.43 bits per heavy atom. The summed E-state index contributed by atoms with van der Waals surface area (Å²) >= 11 is 0. The summed E-state index contributed by atoms with van der Waals surface area (Å²) in [6, 6.07) is 2.02. The van der Waals surface area contributed by atoms with Crippen LogP contribution < -0.4 is 5.32 Å². The van der Waals surface area contributed by atoms with Crippen molar-refractivity contribution in [1.82, 2.24) is 5.32 Å². The van der Waals surface area contributed by atoms with Crippen LogP contribution in [0.25, 0.3) is 0 Å². The van der Waals surface area contributed by atoms with E-state index in [0.29, 0.717) is 6.61 Å². The smallest absolute Gasteiger partial charge is 0.129 e. The van der Waals surface area contributed by atoms with Gasteiger partial charge in [0.05, 0.1) is 6.26 Å². The van der Waals surface area contributed by atoms with Gasteiger partial charge in [0.1, 0.15) is 12.4 Å². The third-order valence-corrected chi connectivity index (χ3v) is 1.82. The summed E-state index contributed by atoms with van der Waals surface area (Å²) in [5.41, 5.74) is 1.30. The third-order valence-electron chi connectivity index (χ3n) is 1.82. The lowest BCUT2D eigenvalue weighted by atomic mass is 10.1. The van der Waals surface area contributed by atoms with Crippen LogP contribution >= 0.6 is 0 Å². The van der Waals surface area contributed by atoms with Crippen LogP contribution in [0.5, 0.6) is 0 Å². The second kappa shape index (κ2) is 4.62. The van der Waals surface area contributed by atoms with Crippen molar-refractivity contribution in [3.63, 3.8) is 0 Å². The van der Waals surface area contributed by atoms with Crippen LogP contribution in [0.4, 0.5) is 0 Å². The molecule has 1 N–H and O–H groups in total. The van der Waals surface area contributed by atoms with Crippen LogP contribution in [0.2, 0.25) is 0 Å². The molecular weight excluding hydrogens is 178 g/mol. The Morgan fingerprint density at radius 2 is 2.14 bits per heavy atom. The van der Waals surface area contributed by atoms with Gasteiger partial charge in [0.2, 0.25) is 0 Å². The van der Waals surface area contributed by atoms with Gasteiger partial charge in [0.15, 0.2) is 0 Å². The van der Waals surface area contributed by atoms with Crippen molar-refractivity contribution in [2.24, 2.45) is 0 Å². The van der Waals surface area contributed by atoms with E-state index in [-0.39, 0.29) is 5.54 Å². The fourth-order valence-corrected chi connectivity index (χ4v) is 1.10. The summed E-state index contributed by atoms with van der Waals surface area (Å²) in [7, 11) is 1.66. The predicted molar refractivity (Wildman–Crippen MR) is 56.0 cm³/mol. The summed E-state index contributed by atoms with van der Waals surface area (Å²) in [6.07, 6.45) is 1.77. The second-order valence-electron chi connectivity index (χ2n) is 4.46. The summed E-state index contributed by atoms with van der Waals surface area (Å²) in [5, 5.41) is 3.39. The molecule has 0 unspecified atom stereocenters. The maximum Gasteiger partial charge on any atom is 0.129 e. The van der Waals surface area contributed by atoms with Crippen LogP contribution in [-0.4, -0.2) is 12.6 Å². The molecule has 0 aromatic carbocycles. The number of nitrogens with one attached hydrogen (secondary N) is 1. The Morgan fingerprint density at radius 3 is 2.71 bits per heavy atom. The molecule has 0 atom stereocenters. The molecular formula is C11H19NO2. The molecule has 0 spiro atoms. The first-order valence-electron chi connectivity index (χ1n) is 4.81. The van der Waals surface area contributed by atoms with Gasteiger partial charge in [-0.25, -0.2) is 0 Å². The molecule has 14 heavy (non-hydrogen) atoms. The Labute approximate surface area is 85.4 Å². The Hall–Kier alpha value is -0.800. The predicted octanol–water partition coefficient (Wildman–Crippen LogP) is 2.31. The molecule has 1 aromatic heterocycles. The molecule has 80 valence electrons. The van der Waals surface area contributed by atoms with Crippen molar-refractivity contribution in [3.8, 4) is 0 Å². The zero-order valence-corrected chi connectivity index (χ0v) is 9.39. The Balaban J connectivity index is 2.44. The number of furan rings is 1. The maximum absolute atomic E-state index is 5.31. The molecule has 0 bridgehead atoms. The minimum atomic E-state index is 0.138. The topological polar surface area (TPSA) is 34.4 Å². The molecule has 0 aliphatic carbocycles. The quantitative estimate of drug-likeness (QED) is 0.804. The molecule has 0 radical (unpaired) electrons. The van der Waals surface area contributed by atoms with E-state index >= 15 is 0 Å². The summed E-state index contributed by atoms with van der Waals surface area (Å²) in [5.74, 6) is 0.873. The lowest BCUT2D eigenvalue weighted by molar-refractivity contribution is 0.164. The standard InChI is InChI=1S/C11H19NO2/c1-11(2,3)12-6-9-5-10(8-13-4)14-7-9/h5,7,12H,6,8H2,1-4H3. The number of rotatable bonds is 4. The minimum Gasteiger partial charge on any atom is -0.467 e. The van der Waals surface area contributed by atoms with Gasteiger partial charge in [-0.3, -0.25) is 0 Å². The molecule has 1 rings (SSSR count). The van der Waals surface area contributed by atoms with Gasteiger partial charge in [-0.05, 0) is 26.8 Å². The van der Waals surface area contributed by atoms with E-state index in [1.54, 1.807) is 13.4 Å². The van der Waals surface area contributed by atoms with Crippen molar-refractivity contribution in [3.05, 3.63) is 23.7 Å². The average Bonchev–Trinajstić information content (AvgIpc) is 2.49. The van der Waals surface area contributed by atoms with Gasteiger partial charge in [-0.2, -0.15) is 0 Å². The Kier molecular flexibility index (Phi) is 3.72. The van der Waals surface area contributed by atoms with E-state index in [9.17, 15) is 0 Å². The molecule has 3 nitrogen and oxygen atoms in total. The molecule has 0 aliphatic rings. The summed E-state index contributed by atoms with van der Waals surface area (Å²) < 4.78 is 10.3. The molecule has 1 heterocycles. The van der Waals surface area contributed by atoms with E-state index in [4.69, 9.17) is 9.15 Å². The van der Waals surface area contributed by atoms with E-state index in [2.05, 4.69) is 26.1 Å².